The third kappa shape index (κ3) is 2.88. The minimum atomic E-state index is -0.497. The highest BCUT2D eigenvalue weighted by molar-refractivity contribution is 5.85. The number of benzene rings is 1. The Labute approximate surface area is 127 Å². The Kier molecular flexibility index (Phi) is 4.24. The topological polar surface area (TPSA) is 108 Å². The number of hydrogen-bond acceptors (Lipinski definition) is 6. The Morgan fingerprint density at radius 1 is 1.24 bits per heavy atom. The average Bonchev–Trinajstić information content (AvgIpc) is 3.08. The molecule has 21 heavy (non-hydrogen) atoms. The Balaban J connectivity index is 0.00000161. The van der Waals surface area contributed by atoms with E-state index in [1.54, 1.807) is 12.1 Å². The molecule has 2 aromatic rings. The van der Waals surface area contributed by atoms with Crippen molar-refractivity contribution in [2.24, 2.45) is 5.73 Å². The van der Waals surface area contributed by atoms with Crippen molar-refractivity contribution in [1.82, 2.24) is 10.1 Å². The van der Waals surface area contributed by atoms with Crippen LogP contribution in [0.25, 0.3) is 11.5 Å². The molecule has 0 spiro atoms. The van der Waals surface area contributed by atoms with E-state index < -0.39 is 10.5 Å². The van der Waals surface area contributed by atoms with E-state index in [2.05, 4.69) is 10.1 Å². The maximum absolute atomic E-state index is 10.6. The Morgan fingerprint density at radius 3 is 2.43 bits per heavy atom. The molecule has 3 rings (SSSR count). The van der Waals surface area contributed by atoms with E-state index >= 15 is 0 Å². The second-order valence-electron chi connectivity index (χ2n) is 5.09. The molecule has 1 aromatic heterocycles. The Morgan fingerprint density at radius 2 is 1.86 bits per heavy atom. The van der Waals surface area contributed by atoms with Crippen LogP contribution >= 0.6 is 12.4 Å². The van der Waals surface area contributed by atoms with Gasteiger partial charge in [0.1, 0.15) is 0 Å². The van der Waals surface area contributed by atoms with Gasteiger partial charge in [-0.2, -0.15) is 4.98 Å². The van der Waals surface area contributed by atoms with E-state index in [1.165, 1.54) is 12.1 Å². The molecule has 1 aliphatic rings. The number of aromatic nitrogens is 2. The molecule has 0 saturated heterocycles. The van der Waals surface area contributed by atoms with Crippen molar-refractivity contribution in [3.05, 3.63) is 40.2 Å². The lowest BCUT2D eigenvalue weighted by atomic mass is 9.99. The number of halogens is 1. The summed E-state index contributed by atoms with van der Waals surface area (Å²) in [5, 5.41) is 14.6. The summed E-state index contributed by atoms with van der Waals surface area (Å²) in [7, 11) is 0. The van der Waals surface area contributed by atoms with Crippen LogP contribution in [0.5, 0.6) is 0 Å². The zero-order valence-electron chi connectivity index (χ0n) is 11.2. The predicted octanol–water partition coefficient (Wildman–Crippen LogP) is 2.79. The van der Waals surface area contributed by atoms with Crippen molar-refractivity contribution in [3.63, 3.8) is 0 Å². The summed E-state index contributed by atoms with van der Waals surface area (Å²) in [4.78, 5) is 14.5. The largest absolute Gasteiger partial charge is 0.334 e. The van der Waals surface area contributed by atoms with Gasteiger partial charge in [-0.05, 0) is 25.0 Å². The van der Waals surface area contributed by atoms with Crippen molar-refractivity contribution in [1.29, 1.82) is 0 Å². The molecule has 0 radical (unpaired) electrons. The molecule has 7 nitrogen and oxygen atoms in total. The third-order valence-corrected chi connectivity index (χ3v) is 3.69. The Hall–Kier alpha value is -1.99. The maximum atomic E-state index is 10.6. The summed E-state index contributed by atoms with van der Waals surface area (Å²) < 4.78 is 5.22. The molecule has 0 aliphatic heterocycles. The summed E-state index contributed by atoms with van der Waals surface area (Å²) in [6.45, 7) is 0. The first-order valence-electron chi connectivity index (χ1n) is 6.46. The molecule has 2 N–H and O–H groups in total. The zero-order valence-corrected chi connectivity index (χ0v) is 12.0. The van der Waals surface area contributed by atoms with Crippen molar-refractivity contribution in [2.45, 2.75) is 31.2 Å². The number of nitrogens with two attached hydrogens (primary N) is 1. The van der Waals surface area contributed by atoms with Crippen LogP contribution < -0.4 is 5.73 Å². The zero-order chi connectivity index (χ0) is 14.2. The summed E-state index contributed by atoms with van der Waals surface area (Å²) >= 11 is 0. The number of nitro benzene ring substituents is 1. The van der Waals surface area contributed by atoms with Gasteiger partial charge in [0.15, 0.2) is 5.82 Å². The highest BCUT2D eigenvalue weighted by atomic mass is 35.5. The van der Waals surface area contributed by atoms with Gasteiger partial charge < -0.3 is 10.3 Å². The molecule has 112 valence electrons. The molecule has 1 aliphatic carbocycles. The van der Waals surface area contributed by atoms with E-state index in [-0.39, 0.29) is 18.1 Å². The second kappa shape index (κ2) is 5.79. The smallest absolute Gasteiger partial charge is 0.269 e. The molecule has 0 amide bonds. The van der Waals surface area contributed by atoms with Gasteiger partial charge in [0, 0.05) is 17.7 Å². The lowest BCUT2D eigenvalue weighted by Crippen LogP contribution is -2.34. The molecule has 0 bridgehead atoms. The van der Waals surface area contributed by atoms with Crippen molar-refractivity contribution >= 4 is 18.1 Å². The van der Waals surface area contributed by atoms with Gasteiger partial charge in [-0.15, -0.1) is 12.4 Å². The third-order valence-electron chi connectivity index (χ3n) is 3.69. The van der Waals surface area contributed by atoms with Gasteiger partial charge in [0.2, 0.25) is 0 Å². The van der Waals surface area contributed by atoms with Gasteiger partial charge in [0.05, 0.1) is 10.5 Å². The quantitative estimate of drug-likeness (QED) is 0.689. The Bertz CT molecular complexity index is 635. The second-order valence-corrected chi connectivity index (χ2v) is 5.09. The fraction of sp³-hybridized carbons (Fsp3) is 0.385. The van der Waals surface area contributed by atoms with Crippen LogP contribution in [0, 0.1) is 10.1 Å². The van der Waals surface area contributed by atoms with Crippen LogP contribution in [0.1, 0.15) is 31.5 Å². The number of nitrogens with zero attached hydrogens (tertiary/aromatic N) is 3. The van der Waals surface area contributed by atoms with Gasteiger partial charge in [-0.1, -0.05) is 18.0 Å². The molecule has 0 atom stereocenters. The summed E-state index contributed by atoms with van der Waals surface area (Å²) in [5.74, 6) is 0.856. The van der Waals surface area contributed by atoms with E-state index in [4.69, 9.17) is 10.3 Å². The van der Waals surface area contributed by atoms with Crippen LogP contribution in [0.15, 0.2) is 28.8 Å². The van der Waals surface area contributed by atoms with Gasteiger partial charge in [-0.3, -0.25) is 10.1 Å². The van der Waals surface area contributed by atoms with Gasteiger partial charge >= 0.3 is 0 Å². The molecule has 1 fully saturated rings. The lowest BCUT2D eigenvalue weighted by molar-refractivity contribution is -0.384. The van der Waals surface area contributed by atoms with Crippen molar-refractivity contribution < 1.29 is 9.45 Å². The lowest BCUT2D eigenvalue weighted by Gasteiger charge is -2.17. The van der Waals surface area contributed by atoms with Crippen LogP contribution in [-0.4, -0.2) is 15.1 Å². The van der Waals surface area contributed by atoms with E-state index in [0.717, 1.165) is 25.7 Å². The van der Waals surface area contributed by atoms with Crippen molar-refractivity contribution in [3.8, 4) is 11.5 Å². The predicted molar refractivity (Wildman–Crippen MR) is 78.0 cm³/mol. The molecule has 8 heteroatoms. The first-order chi connectivity index (χ1) is 9.58. The van der Waals surface area contributed by atoms with E-state index in [9.17, 15) is 10.1 Å². The molecular formula is C13H15ClN4O3. The minimum absolute atomic E-state index is 0. The fourth-order valence-corrected chi connectivity index (χ4v) is 2.50. The molecule has 1 aromatic carbocycles. The highest BCUT2D eigenvalue weighted by Crippen LogP contribution is 2.35. The first-order valence-corrected chi connectivity index (χ1v) is 6.46. The van der Waals surface area contributed by atoms with Gasteiger partial charge in [-0.25, -0.2) is 0 Å². The monoisotopic (exact) mass is 310 g/mol. The van der Waals surface area contributed by atoms with Gasteiger partial charge in [0.25, 0.3) is 11.6 Å². The number of rotatable bonds is 3. The van der Waals surface area contributed by atoms with E-state index in [0.29, 0.717) is 17.3 Å². The van der Waals surface area contributed by atoms with Crippen LogP contribution in [0.3, 0.4) is 0 Å². The first kappa shape index (κ1) is 15.4. The fourth-order valence-electron chi connectivity index (χ4n) is 2.50. The maximum Gasteiger partial charge on any atom is 0.269 e. The molecule has 0 unspecified atom stereocenters. The van der Waals surface area contributed by atoms with E-state index in [1.807, 2.05) is 0 Å². The minimum Gasteiger partial charge on any atom is -0.334 e. The summed E-state index contributed by atoms with van der Waals surface area (Å²) in [6, 6.07) is 6.00. The normalized spacial score (nSPS) is 16.4. The van der Waals surface area contributed by atoms with Crippen LogP contribution in [0.4, 0.5) is 5.69 Å². The number of nitro groups is 1. The molecular weight excluding hydrogens is 296 g/mol. The summed E-state index contributed by atoms with van der Waals surface area (Å²) in [5.41, 5.74) is 6.44. The average molecular weight is 311 g/mol. The summed E-state index contributed by atoms with van der Waals surface area (Å²) in [6.07, 6.45) is 3.84. The number of non-ortho nitro benzene ring substituents is 1. The van der Waals surface area contributed by atoms with Crippen molar-refractivity contribution in [2.75, 3.05) is 0 Å². The van der Waals surface area contributed by atoms with Crippen LogP contribution in [0.2, 0.25) is 0 Å². The molecule has 1 heterocycles. The standard InChI is InChI=1S/C13H14N4O3.ClH/c14-13(7-1-2-8-13)12-15-11(20-16-12)9-3-5-10(6-4-9)17(18)19;/h3-6H,1-2,7-8,14H2;1H. The highest BCUT2D eigenvalue weighted by Gasteiger charge is 2.36. The number of hydrogen-bond donors (Lipinski definition) is 1. The SMILES string of the molecule is Cl.NC1(c2noc(-c3ccc([N+](=O)[O-])cc3)n2)CCCC1. The molecule has 1 saturated carbocycles. The van der Waals surface area contributed by atoms with Crippen LogP contribution in [-0.2, 0) is 5.54 Å².